The van der Waals surface area contributed by atoms with E-state index in [1.54, 1.807) is 24.3 Å². The second-order valence-electron chi connectivity index (χ2n) is 6.54. The molecule has 0 fully saturated rings. The normalized spacial score (nSPS) is 11.2. The first-order chi connectivity index (χ1) is 14.5. The molecule has 0 aliphatic heterocycles. The SMILES string of the molecule is NC(=O)NCCCC(NC(=O)OCc1ccccc1)C(=O)Nc1ccc(CO)cc1. The van der Waals surface area contributed by atoms with E-state index < -0.39 is 24.1 Å². The lowest BCUT2D eigenvalue weighted by molar-refractivity contribution is -0.118. The number of aliphatic hydroxyl groups is 1. The summed E-state index contributed by atoms with van der Waals surface area (Å²) in [5.41, 5.74) is 7.09. The van der Waals surface area contributed by atoms with Crippen molar-refractivity contribution in [3.05, 3.63) is 65.7 Å². The average Bonchev–Trinajstić information content (AvgIpc) is 2.75. The minimum absolute atomic E-state index is 0.0763. The fourth-order valence-corrected chi connectivity index (χ4v) is 2.62. The highest BCUT2D eigenvalue weighted by Crippen LogP contribution is 2.11. The van der Waals surface area contributed by atoms with Crippen molar-refractivity contribution in [3.63, 3.8) is 0 Å². The highest BCUT2D eigenvalue weighted by molar-refractivity contribution is 5.96. The van der Waals surface area contributed by atoms with Crippen LogP contribution in [0.5, 0.6) is 0 Å². The lowest BCUT2D eigenvalue weighted by Crippen LogP contribution is -2.44. The van der Waals surface area contributed by atoms with Crippen LogP contribution in [-0.2, 0) is 22.7 Å². The molecule has 0 saturated heterocycles. The first-order valence-electron chi connectivity index (χ1n) is 9.49. The number of amides is 4. The van der Waals surface area contributed by atoms with E-state index in [0.29, 0.717) is 17.7 Å². The Morgan fingerprint density at radius 2 is 1.70 bits per heavy atom. The van der Waals surface area contributed by atoms with Gasteiger partial charge < -0.3 is 31.5 Å². The molecular weight excluding hydrogens is 388 g/mol. The fraction of sp³-hybridized carbons (Fsp3) is 0.286. The first-order valence-corrected chi connectivity index (χ1v) is 9.49. The lowest BCUT2D eigenvalue weighted by Gasteiger charge is -2.18. The van der Waals surface area contributed by atoms with Gasteiger partial charge in [0, 0.05) is 12.2 Å². The zero-order valence-corrected chi connectivity index (χ0v) is 16.5. The van der Waals surface area contributed by atoms with Crippen LogP contribution in [0.25, 0.3) is 0 Å². The third-order valence-corrected chi connectivity index (χ3v) is 4.19. The van der Waals surface area contributed by atoms with Crippen LogP contribution in [0.15, 0.2) is 54.6 Å². The van der Waals surface area contributed by atoms with Gasteiger partial charge in [0.2, 0.25) is 5.91 Å². The fourth-order valence-electron chi connectivity index (χ4n) is 2.62. The molecule has 160 valence electrons. The maximum atomic E-state index is 12.7. The predicted octanol–water partition coefficient (Wildman–Crippen LogP) is 1.86. The van der Waals surface area contributed by atoms with Crippen molar-refractivity contribution in [2.75, 3.05) is 11.9 Å². The van der Waals surface area contributed by atoms with E-state index in [-0.39, 0.29) is 26.2 Å². The van der Waals surface area contributed by atoms with Crippen LogP contribution in [0.1, 0.15) is 24.0 Å². The number of nitrogens with two attached hydrogens (primary N) is 1. The number of ether oxygens (including phenoxy) is 1. The van der Waals surface area contributed by atoms with E-state index in [1.807, 2.05) is 30.3 Å². The molecule has 0 saturated carbocycles. The summed E-state index contributed by atoms with van der Waals surface area (Å²) in [7, 11) is 0. The molecule has 9 heteroatoms. The molecule has 0 bridgehead atoms. The molecule has 1 unspecified atom stereocenters. The Hall–Kier alpha value is -3.59. The maximum Gasteiger partial charge on any atom is 0.408 e. The van der Waals surface area contributed by atoms with Gasteiger partial charge in [-0.3, -0.25) is 4.79 Å². The van der Waals surface area contributed by atoms with Gasteiger partial charge in [0.1, 0.15) is 12.6 Å². The number of carbonyl (C=O) groups is 3. The van der Waals surface area contributed by atoms with E-state index in [0.717, 1.165) is 5.56 Å². The standard InChI is InChI=1S/C21H26N4O5/c22-20(28)23-12-4-7-18(19(27)24-17-10-8-15(13-26)9-11-17)25-21(29)30-14-16-5-2-1-3-6-16/h1-3,5-6,8-11,18,26H,4,7,12-14H2,(H,24,27)(H,25,29)(H3,22,23,28). The highest BCUT2D eigenvalue weighted by Gasteiger charge is 2.21. The van der Waals surface area contributed by atoms with Crippen LogP contribution in [0, 0.1) is 0 Å². The van der Waals surface area contributed by atoms with Gasteiger partial charge in [0.05, 0.1) is 6.61 Å². The third-order valence-electron chi connectivity index (χ3n) is 4.19. The number of nitrogens with one attached hydrogen (secondary N) is 3. The monoisotopic (exact) mass is 414 g/mol. The molecule has 0 radical (unpaired) electrons. The number of alkyl carbamates (subject to hydrolysis) is 1. The van der Waals surface area contributed by atoms with Crippen molar-refractivity contribution >= 4 is 23.7 Å². The predicted molar refractivity (Wildman–Crippen MR) is 111 cm³/mol. The molecule has 4 amide bonds. The molecule has 2 rings (SSSR count). The number of hydrogen-bond donors (Lipinski definition) is 5. The third kappa shape index (κ3) is 8.19. The second-order valence-corrected chi connectivity index (χ2v) is 6.54. The van der Waals surface area contributed by atoms with Crippen molar-refractivity contribution < 1.29 is 24.2 Å². The minimum Gasteiger partial charge on any atom is -0.445 e. The molecule has 6 N–H and O–H groups in total. The van der Waals surface area contributed by atoms with E-state index in [1.165, 1.54) is 0 Å². The van der Waals surface area contributed by atoms with Gasteiger partial charge in [-0.25, -0.2) is 9.59 Å². The highest BCUT2D eigenvalue weighted by atomic mass is 16.5. The topological polar surface area (TPSA) is 143 Å². The molecule has 2 aromatic rings. The van der Waals surface area contributed by atoms with Crippen LogP contribution in [0.2, 0.25) is 0 Å². The number of anilines is 1. The number of urea groups is 1. The minimum atomic E-state index is -0.875. The molecule has 9 nitrogen and oxygen atoms in total. The Labute approximate surface area is 174 Å². The molecule has 0 aliphatic carbocycles. The maximum absolute atomic E-state index is 12.7. The van der Waals surface area contributed by atoms with Gasteiger partial charge in [0.25, 0.3) is 0 Å². The molecule has 1 atom stereocenters. The van der Waals surface area contributed by atoms with Crippen molar-refractivity contribution in [2.45, 2.75) is 32.1 Å². The van der Waals surface area contributed by atoms with E-state index in [4.69, 9.17) is 15.6 Å². The number of benzene rings is 2. The second kappa shape index (κ2) is 12.1. The van der Waals surface area contributed by atoms with Gasteiger partial charge in [-0.05, 0) is 36.1 Å². The van der Waals surface area contributed by atoms with Crippen LogP contribution in [0.4, 0.5) is 15.3 Å². The zero-order valence-electron chi connectivity index (χ0n) is 16.5. The molecule has 0 heterocycles. The summed E-state index contributed by atoms with van der Waals surface area (Å²) in [6.07, 6.45) is -0.0393. The summed E-state index contributed by atoms with van der Waals surface area (Å²) in [6.45, 7) is 0.246. The zero-order chi connectivity index (χ0) is 21.8. The Bertz CT molecular complexity index is 827. The average molecular weight is 414 g/mol. The Morgan fingerprint density at radius 3 is 2.33 bits per heavy atom. The number of primary amides is 1. The molecule has 0 aliphatic rings. The van der Waals surface area contributed by atoms with Gasteiger partial charge in [-0.15, -0.1) is 0 Å². The van der Waals surface area contributed by atoms with Gasteiger partial charge in [-0.2, -0.15) is 0 Å². The van der Waals surface area contributed by atoms with Crippen molar-refractivity contribution in [3.8, 4) is 0 Å². The van der Waals surface area contributed by atoms with Crippen molar-refractivity contribution in [1.82, 2.24) is 10.6 Å². The number of hydrogen-bond acceptors (Lipinski definition) is 5. The quantitative estimate of drug-likeness (QED) is 0.377. The molecule has 0 spiro atoms. The van der Waals surface area contributed by atoms with Crippen LogP contribution < -0.4 is 21.7 Å². The van der Waals surface area contributed by atoms with Gasteiger partial charge in [0.15, 0.2) is 0 Å². The number of rotatable bonds is 10. The summed E-state index contributed by atoms with van der Waals surface area (Å²) >= 11 is 0. The molecule has 0 aromatic heterocycles. The van der Waals surface area contributed by atoms with Crippen molar-refractivity contribution in [2.24, 2.45) is 5.73 Å². The largest absolute Gasteiger partial charge is 0.445 e. The Morgan fingerprint density at radius 1 is 1.00 bits per heavy atom. The van der Waals surface area contributed by atoms with Crippen LogP contribution in [0.3, 0.4) is 0 Å². The summed E-state index contributed by atoms with van der Waals surface area (Å²) in [5, 5.41) is 16.8. The first kappa shape index (κ1) is 22.7. The van der Waals surface area contributed by atoms with E-state index in [9.17, 15) is 14.4 Å². The summed E-state index contributed by atoms with van der Waals surface area (Å²) < 4.78 is 5.19. The lowest BCUT2D eigenvalue weighted by atomic mass is 10.1. The van der Waals surface area contributed by atoms with E-state index in [2.05, 4.69) is 16.0 Å². The van der Waals surface area contributed by atoms with E-state index >= 15 is 0 Å². The van der Waals surface area contributed by atoms with Crippen LogP contribution in [-0.4, -0.2) is 35.7 Å². The van der Waals surface area contributed by atoms with Crippen molar-refractivity contribution in [1.29, 1.82) is 0 Å². The van der Waals surface area contributed by atoms with Gasteiger partial charge in [-0.1, -0.05) is 42.5 Å². The Kier molecular flexibility index (Phi) is 9.14. The molecular formula is C21H26N4O5. The summed E-state index contributed by atoms with van der Waals surface area (Å²) in [4.78, 5) is 35.6. The number of aliphatic hydroxyl groups excluding tert-OH is 1. The Balaban J connectivity index is 1.94. The molecule has 30 heavy (non-hydrogen) atoms. The summed E-state index contributed by atoms with van der Waals surface area (Å²) in [6, 6.07) is 14.3. The summed E-state index contributed by atoms with van der Waals surface area (Å²) in [5.74, 6) is -0.428. The smallest absolute Gasteiger partial charge is 0.408 e. The van der Waals surface area contributed by atoms with Gasteiger partial charge >= 0.3 is 12.1 Å². The number of carbonyl (C=O) groups excluding carboxylic acids is 3. The van der Waals surface area contributed by atoms with Crippen LogP contribution >= 0.6 is 0 Å². The molecule has 2 aromatic carbocycles.